The average molecular weight is 605 g/mol. The van der Waals surface area contributed by atoms with Crippen LogP contribution in [0.2, 0.25) is 10.0 Å². The molecular weight excluding hydrogens is 577 g/mol. The van der Waals surface area contributed by atoms with E-state index in [0.717, 1.165) is 46.3 Å². The number of hydrogen-bond donors (Lipinski definition) is 1. The number of nitrogens with zero attached hydrogens (tertiary/aromatic N) is 2. The van der Waals surface area contributed by atoms with Crippen molar-refractivity contribution in [2.45, 2.75) is 51.2 Å². The summed E-state index contributed by atoms with van der Waals surface area (Å²) in [7, 11) is -3.84. The summed E-state index contributed by atoms with van der Waals surface area (Å²) in [6.07, 6.45) is 4.97. The zero-order chi connectivity index (χ0) is 25.8. The van der Waals surface area contributed by atoms with Gasteiger partial charge in [0.2, 0.25) is 21.8 Å². The lowest BCUT2D eigenvalue weighted by Crippen LogP contribution is -2.52. The summed E-state index contributed by atoms with van der Waals surface area (Å²) in [5, 5.41) is 3.47. The highest BCUT2D eigenvalue weighted by molar-refractivity contribution is 9.10. The molecule has 0 spiro atoms. The summed E-state index contributed by atoms with van der Waals surface area (Å²) >= 11 is 15.5. The first kappa shape index (κ1) is 27.8. The minimum atomic E-state index is -3.84. The van der Waals surface area contributed by atoms with Crippen molar-refractivity contribution in [1.82, 2.24) is 10.2 Å². The van der Waals surface area contributed by atoms with Crippen molar-refractivity contribution in [2.75, 3.05) is 17.1 Å². The fourth-order valence-corrected chi connectivity index (χ4v) is 5.41. The van der Waals surface area contributed by atoms with Gasteiger partial charge in [0.05, 0.1) is 22.0 Å². The number of rotatable bonds is 9. The Balaban J connectivity index is 1.88. The van der Waals surface area contributed by atoms with Crippen LogP contribution in [0.25, 0.3) is 0 Å². The highest BCUT2D eigenvalue weighted by Gasteiger charge is 2.31. The van der Waals surface area contributed by atoms with E-state index in [0.29, 0.717) is 0 Å². The highest BCUT2D eigenvalue weighted by atomic mass is 79.9. The van der Waals surface area contributed by atoms with Gasteiger partial charge in [-0.25, -0.2) is 8.42 Å². The van der Waals surface area contributed by atoms with E-state index in [1.807, 2.05) is 24.3 Å². The summed E-state index contributed by atoms with van der Waals surface area (Å²) in [6, 6.07) is 11.0. The first-order chi connectivity index (χ1) is 16.5. The number of halogens is 3. The van der Waals surface area contributed by atoms with Crippen LogP contribution in [-0.2, 0) is 26.2 Å². The molecule has 0 saturated heterocycles. The molecule has 2 aromatic rings. The molecule has 1 saturated carbocycles. The van der Waals surface area contributed by atoms with Gasteiger partial charge in [0.1, 0.15) is 12.6 Å². The van der Waals surface area contributed by atoms with Gasteiger partial charge in [-0.15, -0.1) is 0 Å². The monoisotopic (exact) mass is 603 g/mol. The number of sulfonamides is 1. The van der Waals surface area contributed by atoms with Crippen molar-refractivity contribution in [3.63, 3.8) is 0 Å². The average Bonchev–Trinajstić information content (AvgIpc) is 3.30. The van der Waals surface area contributed by atoms with Gasteiger partial charge in [-0.3, -0.25) is 13.9 Å². The molecule has 0 bridgehead atoms. The van der Waals surface area contributed by atoms with Crippen LogP contribution >= 0.6 is 39.1 Å². The largest absolute Gasteiger partial charge is 0.352 e. The predicted molar refractivity (Wildman–Crippen MR) is 143 cm³/mol. The molecule has 2 amide bonds. The lowest BCUT2D eigenvalue weighted by atomic mass is 10.1. The van der Waals surface area contributed by atoms with Gasteiger partial charge in [-0.1, -0.05) is 64.1 Å². The predicted octanol–water partition coefficient (Wildman–Crippen LogP) is 5.00. The molecule has 0 aromatic heterocycles. The molecule has 3 rings (SSSR count). The number of carbonyl (C=O) groups excluding carboxylic acids is 2. The van der Waals surface area contributed by atoms with Crippen molar-refractivity contribution < 1.29 is 18.0 Å². The number of nitrogens with one attached hydrogen (secondary N) is 1. The summed E-state index contributed by atoms with van der Waals surface area (Å²) < 4.78 is 27.1. The van der Waals surface area contributed by atoms with E-state index in [1.165, 1.54) is 23.1 Å². The number of hydrogen-bond acceptors (Lipinski definition) is 4. The van der Waals surface area contributed by atoms with Crippen LogP contribution in [0.15, 0.2) is 46.9 Å². The normalized spacial score (nSPS) is 15.0. The molecule has 0 heterocycles. The molecule has 0 aliphatic heterocycles. The molecule has 1 aliphatic rings. The molecule has 190 valence electrons. The van der Waals surface area contributed by atoms with Gasteiger partial charge < -0.3 is 10.2 Å². The van der Waals surface area contributed by atoms with Crippen LogP contribution in [0.1, 0.15) is 38.2 Å². The summed E-state index contributed by atoms with van der Waals surface area (Å²) in [4.78, 5) is 28.0. The standard InChI is InChI=1S/C24H28BrCl2N3O4S/c1-16(24(32)28-19-5-3-4-6-19)29(14-17-7-9-18(25)10-8-17)23(31)15-30(35(2,33)34)20-11-12-21(26)22(27)13-20/h7-13,16,19H,3-6,14-15H2,1-2H3,(H,28,32)/t16-/m1/s1. The second kappa shape index (κ2) is 12.0. The summed E-state index contributed by atoms with van der Waals surface area (Å²) in [5.74, 6) is -0.777. The molecule has 1 aliphatic carbocycles. The lowest BCUT2D eigenvalue weighted by molar-refractivity contribution is -0.139. The van der Waals surface area contributed by atoms with Crippen LogP contribution in [0.4, 0.5) is 5.69 Å². The summed E-state index contributed by atoms with van der Waals surface area (Å²) in [5.41, 5.74) is 1.02. The van der Waals surface area contributed by atoms with Crippen molar-refractivity contribution in [3.8, 4) is 0 Å². The highest BCUT2D eigenvalue weighted by Crippen LogP contribution is 2.29. The lowest BCUT2D eigenvalue weighted by Gasteiger charge is -2.32. The second-order valence-electron chi connectivity index (χ2n) is 8.68. The van der Waals surface area contributed by atoms with E-state index in [2.05, 4.69) is 21.2 Å². The minimum Gasteiger partial charge on any atom is -0.352 e. The SMILES string of the molecule is C[C@H](C(=O)NC1CCCC1)N(Cc1ccc(Br)cc1)C(=O)CN(c1ccc(Cl)c(Cl)c1)S(C)(=O)=O. The van der Waals surface area contributed by atoms with Crippen molar-refractivity contribution >= 4 is 66.7 Å². The zero-order valence-corrected chi connectivity index (χ0v) is 23.4. The van der Waals surface area contributed by atoms with E-state index in [-0.39, 0.29) is 34.2 Å². The Morgan fingerprint density at radius 2 is 1.71 bits per heavy atom. The second-order valence-corrected chi connectivity index (χ2v) is 12.3. The van der Waals surface area contributed by atoms with Gasteiger partial charge in [0.25, 0.3) is 0 Å². The van der Waals surface area contributed by atoms with Crippen molar-refractivity contribution in [3.05, 3.63) is 62.5 Å². The van der Waals surface area contributed by atoms with E-state index < -0.39 is 28.5 Å². The molecule has 35 heavy (non-hydrogen) atoms. The van der Waals surface area contributed by atoms with E-state index in [4.69, 9.17) is 23.2 Å². The van der Waals surface area contributed by atoms with Crippen LogP contribution in [-0.4, -0.2) is 50.0 Å². The van der Waals surface area contributed by atoms with Crippen LogP contribution < -0.4 is 9.62 Å². The Bertz CT molecular complexity index is 1170. The van der Waals surface area contributed by atoms with E-state index in [1.54, 1.807) is 6.92 Å². The molecule has 0 unspecified atom stereocenters. The molecule has 7 nitrogen and oxygen atoms in total. The Kier molecular flexibility index (Phi) is 9.48. The smallest absolute Gasteiger partial charge is 0.244 e. The molecule has 1 atom stereocenters. The quantitative estimate of drug-likeness (QED) is 0.436. The van der Waals surface area contributed by atoms with Crippen LogP contribution in [0.5, 0.6) is 0 Å². The van der Waals surface area contributed by atoms with Crippen molar-refractivity contribution in [1.29, 1.82) is 0 Å². The molecular formula is C24H28BrCl2N3O4S. The summed E-state index contributed by atoms with van der Waals surface area (Å²) in [6.45, 7) is 1.31. The Hall–Kier alpha value is -1.81. The maximum absolute atomic E-state index is 13.6. The molecule has 1 fully saturated rings. The molecule has 11 heteroatoms. The zero-order valence-electron chi connectivity index (χ0n) is 19.5. The van der Waals surface area contributed by atoms with Crippen LogP contribution in [0, 0.1) is 0 Å². The van der Waals surface area contributed by atoms with Gasteiger partial charge in [0, 0.05) is 17.1 Å². The fourth-order valence-electron chi connectivity index (χ4n) is 4.01. The third-order valence-electron chi connectivity index (χ3n) is 6.01. The van der Waals surface area contributed by atoms with Gasteiger partial charge in [-0.2, -0.15) is 0 Å². The Morgan fingerprint density at radius 1 is 1.09 bits per heavy atom. The van der Waals surface area contributed by atoms with Crippen LogP contribution in [0.3, 0.4) is 0 Å². The van der Waals surface area contributed by atoms with Gasteiger partial charge in [0.15, 0.2) is 0 Å². The van der Waals surface area contributed by atoms with E-state index in [9.17, 15) is 18.0 Å². The fraction of sp³-hybridized carbons (Fsp3) is 0.417. The first-order valence-electron chi connectivity index (χ1n) is 11.2. The minimum absolute atomic E-state index is 0.0957. The Labute approximate surface area is 224 Å². The maximum atomic E-state index is 13.6. The first-order valence-corrected chi connectivity index (χ1v) is 14.6. The molecule has 0 radical (unpaired) electrons. The third-order valence-corrected chi connectivity index (χ3v) is 8.41. The van der Waals surface area contributed by atoms with Gasteiger partial charge in [-0.05, 0) is 55.7 Å². The van der Waals surface area contributed by atoms with Gasteiger partial charge >= 0.3 is 0 Å². The number of carbonyl (C=O) groups is 2. The van der Waals surface area contributed by atoms with Crippen molar-refractivity contribution in [2.24, 2.45) is 0 Å². The topological polar surface area (TPSA) is 86.8 Å². The van der Waals surface area contributed by atoms with E-state index >= 15 is 0 Å². The molecule has 1 N–H and O–H groups in total. The Morgan fingerprint density at radius 3 is 2.29 bits per heavy atom. The third kappa shape index (κ3) is 7.59. The molecule has 2 aromatic carbocycles. The number of amides is 2. The number of anilines is 1. The number of benzene rings is 2. The maximum Gasteiger partial charge on any atom is 0.244 e.